The Labute approximate surface area is 258 Å². The monoisotopic (exact) mass is 666 g/mol. The average Bonchev–Trinajstić information content (AvgIpc) is 3.27. The molecule has 0 saturated carbocycles. The van der Waals surface area contributed by atoms with Crippen LogP contribution in [0.3, 0.4) is 0 Å². The number of alkyl halides is 9. The summed E-state index contributed by atoms with van der Waals surface area (Å²) in [5, 5.41) is 11.8. The van der Waals surface area contributed by atoms with Crippen molar-refractivity contribution in [1.29, 1.82) is 0 Å². The number of aryl methyl sites for hydroxylation is 2. The van der Waals surface area contributed by atoms with E-state index in [1.807, 2.05) is 0 Å². The zero-order chi connectivity index (χ0) is 34.4. The topological polar surface area (TPSA) is 76.4 Å². The van der Waals surface area contributed by atoms with Crippen molar-refractivity contribution in [2.75, 3.05) is 16.3 Å². The summed E-state index contributed by atoms with van der Waals surface area (Å²) in [6.07, 6.45) is -16.3. The number of benzene rings is 2. The van der Waals surface area contributed by atoms with E-state index >= 15 is 0 Å². The highest BCUT2D eigenvalue weighted by Crippen LogP contribution is 2.44. The van der Waals surface area contributed by atoms with E-state index in [4.69, 9.17) is 4.74 Å². The Hall–Kier alpha value is -4.05. The Morgan fingerprint density at radius 3 is 2.07 bits per heavy atom. The molecular weight excluding hydrogens is 635 g/mol. The van der Waals surface area contributed by atoms with Gasteiger partial charge in [-0.15, -0.1) is 5.10 Å². The van der Waals surface area contributed by atoms with E-state index in [2.05, 4.69) is 15.4 Å². The zero-order valence-corrected chi connectivity index (χ0v) is 25.3. The fourth-order valence-electron chi connectivity index (χ4n) is 5.13. The van der Waals surface area contributed by atoms with E-state index < -0.39 is 65.6 Å². The van der Waals surface area contributed by atoms with Crippen molar-refractivity contribution in [3.05, 3.63) is 63.7 Å². The lowest BCUT2D eigenvalue weighted by Gasteiger charge is -2.33. The molecule has 2 atom stereocenters. The van der Waals surface area contributed by atoms with Gasteiger partial charge in [-0.05, 0) is 78.8 Å². The van der Waals surface area contributed by atoms with Crippen molar-refractivity contribution in [3.8, 4) is 0 Å². The van der Waals surface area contributed by atoms with Gasteiger partial charge in [-0.25, -0.2) is 4.79 Å². The summed E-state index contributed by atoms with van der Waals surface area (Å²) in [5.74, 6) is -0.314. The first-order valence-electron chi connectivity index (χ1n) is 14.2. The molecule has 1 unspecified atom stereocenters. The highest BCUT2D eigenvalue weighted by Gasteiger charge is 2.40. The molecule has 17 heteroatoms. The maximum Gasteiger partial charge on any atom is 0.416 e. The molecule has 4 rings (SSSR count). The van der Waals surface area contributed by atoms with Gasteiger partial charge < -0.3 is 9.64 Å². The number of nitrogens with zero attached hydrogens (tertiary/aromatic N) is 6. The number of hydrogen-bond acceptors (Lipinski definition) is 6. The van der Waals surface area contributed by atoms with Crippen LogP contribution in [0.1, 0.15) is 73.0 Å². The van der Waals surface area contributed by atoms with Gasteiger partial charge in [0.2, 0.25) is 0 Å². The van der Waals surface area contributed by atoms with Crippen LogP contribution in [0, 0.1) is 12.8 Å². The number of carbonyl (C=O) groups is 1. The van der Waals surface area contributed by atoms with Gasteiger partial charge in [0.15, 0.2) is 0 Å². The third kappa shape index (κ3) is 7.66. The smallest absolute Gasteiger partial charge is 0.416 e. The number of fused-ring (bicyclic) bond motifs is 1. The van der Waals surface area contributed by atoms with E-state index in [9.17, 15) is 44.3 Å². The van der Waals surface area contributed by atoms with E-state index in [1.54, 1.807) is 20.8 Å². The van der Waals surface area contributed by atoms with E-state index in [0.29, 0.717) is 12.1 Å². The van der Waals surface area contributed by atoms with Gasteiger partial charge in [-0.2, -0.15) is 44.3 Å². The molecule has 1 aromatic heterocycles. The first kappa shape index (κ1) is 34.8. The molecule has 0 N–H and O–H groups in total. The second-order valence-electron chi connectivity index (χ2n) is 11.5. The van der Waals surface area contributed by atoms with Gasteiger partial charge in [0, 0.05) is 13.1 Å². The molecule has 3 aromatic rings. The number of tetrazole rings is 1. The fourth-order valence-corrected chi connectivity index (χ4v) is 5.13. The van der Waals surface area contributed by atoms with Crippen molar-refractivity contribution in [1.82, 2.24) is 20.2 Å². The molecule has 0 bridgehead atoms. The van der Waals surface area contributed by atoms with Crippen LogP contribution in [-0.4, -0.2) is 38.9 Å². The number of ether oxygens (including phenoxy) is 1. The summed E-state index contributed by atoms with van der Waals surface area (Å²) in [6, 6.07) is 2.12. The molecule has 0 spiro atoms. The minimum Gasteiger partial charge on any atom is -0.446 e. The summed E-state index contributed by atoms with van der Waals surface area (Å²) in [4.78, 5) is 16.7. The van der Waals surface area contributed by atoms with Crippen molar-refractivity contribution in [3.63, 3.8) is 0 Å². The van der Waals surface area contributed by atoms with E-state index in [1.165, 1.54) is 24.9 Å². The molecule has 1 aliphatic heterocycles. The Bertz CT molecular complexity index is 1530. The van der Waals surface area contributed by atoms with Crippen molar-refractivity contribution >= 4 is 17.7 Å². The average molecular weight is 667 g/mol. The summed E-state index contributed by atoms with van der Waals surface area (Å²) in [6.45, 7) is 5.72. The maximum absolute atomic E-state index is 14.1. The van der Waals surface area contributed by atoms with Gasteiger partial charge in [-0.3, -0.25) is 4.90 Å². The van der Waals surface area contributed by atoms with Crippen LogP contribution in [0.5, 0.6) is 0 Å². The van der Waals surface area contributed by atoms with E-state index in [0.717, 1.165) is 15.8 Å². The lowest BCUT2D eigenvalue weighted by Crippen LogP contribution is -2.36. The van der Waals surface area contributed by atoms with Crippen molar-refractivity contribution in [2.45, 2.75) is 77.8 Å². The van der Waals surface area contributed by atoms with Crippen LogP contribution in [-0.2, 0) is 36.9 Å². The van der Waals surface area contributed by atoms with Crippen LogP contribution in [0.15, 0.2) is 30.3 Å². The predicted octanol–water partition coefficient (Wildman–Crippen LogP) is 8.10. The second kappa shape index (κ2) is 12.6. The van der Waals surface area contributed by atoms with Gasteiger partial charge in [-0.1, -0.05) is 25.0 Å². The number of carbonyl (C=O) groups excluding carboxylic acids is 1. The van der Waals surface area contributed by atoms with E-state index in [-0.39, 0.29) is 54.1 Å². The Morgan fingerprint density at radius 1 is 0.957 bits per heavy atom. The van der Waals surface area contributed by atoms with Gasteiger partial charge in [0.25, 0.3) is 5.95 Å². The van der Waals surface area contributed by atoms with Crippen molar-refractivity contribution < 1.29 is 49.0 Å². The standard InChI is InChI=1S/C29H31F9N6O2/c1-15(2)17(4)46-26(45)43-8-6-7-23(21-9-16(3)22(13-24(21)43)29(36,37)38)44(25-39-41-42(5)40-25)14-18-10-19(27(30,31)32)12-20(11-18)28(33,34)35/h9-13,15,17,23H,6-8,14H2,1-5H3/t17?,23-/m0/s1. The molecule has 2 aromatic carbocycles. The van der Waals surface area contributed by atoms with Crippen molar-refractivity contribution in [2.24, 2.45) is 13.0 Å². The molecule has 46 heavy (non-hydrogen) atoms. The third-order valence-electron chi connectivity index (χ3n) is 7.77. The minimum atomic E-state index is -5.11. The quantitative estimate of drug-likeness (QED) is 0.248. The number of hydrogen-bond donors (Lipinski definition) is 0. The third-order valence-corrected chi connectivity index (χ3v) is 7.77. The Morgan fingerprint density at radius 2 is 1.57 bits per heavy atom. The molecule has 8 nitrogen and oxygen atoms in total. The molecule has 2 heterocycles. The van der Waals surface area contributed by atoms with Gasteiger partial charge >= 0.3 is 24.6 Å². The molecule has 0 radical (unpaired) electrons. The zero-order valence-electron chi connectivity index (χ0n) is 25.3. The number of aromatic nitrogens is 4. The largest absolute Gasteiger partial charge is 0.446 e. The summed E-state index contributed by atoms with van der Waals surface area (Å²) in [5.41, 5.74) is -4.76. The first-order chi connectivity index (χ1) is 21.2. The maximum atomic E-state index is 14.1. The molecule has 252 valence electrons. The molecule has 0 saturated heterocycles. The molecule has 1 aliphatic rings. The molecular formula is C29H31F9N6O2. The normalized spacial score (nSPS) is 16.7. The van der Waals surface area contributed by atoms with Gasteiger partial charge in [0.05, 0.1) is 35.5 Å². The second-order valence-corrected chi connectivity index (χ2v) is 11.5. The predicted molar refractivity (Wildman–Crippen MR) is 148 cm³/mol. The van der Waals surface area contributed by atoms with Crippen LogP contribution < -0.4 is 9.80 Å². The fraction of sp³-hybridized carbons (Fsp3) is 0.517. The van der Waals surface area contributed by atoms with Crippen LogP contribution in [0.2, 0.25) is 0 Å². The van der Waals surface area contributed by atoms with Crippen LogP contribution in [0.25, 0.3) is 0 Å². The highest BCUT2D eigenvalue weighted by molar-refractivity contribution is 5.89. The van der Waals surface area contributed by atoms with Crippen LogP contribution >= 0.6 is 0 Å². The summed E-state index contributed by atoms with van der Waals surface area (Å²) in [7, 11) is 1.38. The molecule has 1 amide bonds. The minimum absolute atomic E-state index is 0.000962. The SMILES string of the molecule is Cc1cc2c(cc1C(F)(F)F)N(C(=O)OC(C)C(C)C)CCC[C@@H]2N(Cc1cc(C(F)(F)F)cc(C(F)(F)F)c1)c1nnn(C)n1. The van der Waals surface area contributed by atoms with Crippen LogP contribution in [0.4, 0.5) is 55.9 Å². The Balaban J connectivity index is 1.91. The lowest BCUT2D eigenvalue weighted by molar-refractivity contribution is -0.143. The Kier molecular flexibility index (Phi) is 9.56. The lowest BCUT2D eigenvalue weighted by atomic mass is 9.94. The van der Waals surface area contributed by atoms with Gasteiger partial charge in [0.1, 0.15) is 6.10 Å². The molecule has 0 aliphatic carbocycles. The number of halogens is 9. The summed E-state index contributed by atoms with van der Waals surface area (Å²) >= 11 is 0. The molecule has 0 fully saturated rings. The highest BCUT2D eigenvalue weighted by atomic mass is 19.4. The first-order valence-corrected chi connectivity index (χ1v) is 14.2. The summed E-state index contributed by atoms with van der Waals surface area (Å²) < 4.78 is 130. The number of amides is 1. The number of rotatable bonds is 6. The number of anilines is 2.